The molecule has 1 aliphatic rings. The summed E-state index contributed by atoms with van der Waals surface area (Å²) in [5, 5.41) is 8.90. The zero-order valence-corrected chi connectivity index (χ0v) is 11.6. The van der Waals surface area contributed by atoms with Gasteiger partial charge in [0.15, 0.2) is 0 Å². The van der Waals surface area contributed by atoms with Crippen molar-refractivity contribution in [2.45, 2.75) is 38.5 Å². The van der Waals surface area contributed by atoms with E-state index in [1.807, 2.05) is 6.07 Å². The van der Waals surface area contributed by atoms with Gasteiger partial charge in [-0.3, -0.25) is 4.90 Å². The van der Waals surface area contributed by atoms with E-state index in [9.17, 15) is 4.79 Å². The van der Waals surface area contributed by atoms with Crippen LogP contribution in [0.25, 0.3) is 0 Å². The Bertz CT molecular complexity index is 418. The molecule has 100 valence electrons. The Kier molecular flexibility index (Phi) is 4.37. The average Bonchev–Trinajstić information content (AvgIpc) is 2.80. The van der Waals surface area contributed by atoms with Crippen LogP contribution in [-0.2, 0) is 11.3 Å². The van der Waals surface area contributed by atoms with Crippen molar-refractivity contribution >= 4 is 17.3 Å². The number of thiophene rings is 1. The number of methoxy groups -OCH3 is 1. The Morgan fingerprint density at radius 1 is 1.61 bits per heavy atom. The molecule has 18 heavy (non-hydrogen) atoms. The summed E-state index contributed by atoms with van der Waals surface area (Å²) in [5.74, 6) is -0.836. The molecule has 2 heterocycles. The van der Waals surface area contributed by atoms with Crippen LogP contribution < -0.4 is 0 Å². The molecule has 2 unspecified atom stereocenters. The smallest absolute Gasteiger partial charge is 0.345 e. The molecule has 5 heteroatoms. The number of aromatic carboxylic acids is 1. The molecule has 0 spiro atoms. The van der Waals surface area contributed by atoms with Crippen LogP contribution in [0.5, 0.6) is 0 Å². The van der Waals surface area contributed by atoms with Crippen molar-refractivity contribution in [2.75, 3.05) is 13.7 Å². The topological polar surface area (TPSA) is 49.8 Å². The predicted molar refractivity (Wildman–Crippen MR) is 71.2 cm³/mol. The lowest BCUT2D eigenvalue weighted by molar-refractivity contribution is 0.0133. The molecule has 0 radical (unpaired) electrons. The van der Waals surface area contributed by atoms with Gasteiger partial charge in [-0.2, -0.15) is 0 Å². The molecule has 1 aromatic heterocycles. The third-order valence-electron chi connectivity index (χ3n) is 3.53. The van der Waals surface area contributed by atoms with Crippen LogP contribution in [0.1, 0.15) is 34.3 Å². The minimum atomic E-state index is -0.836. The SMILES string of the molecule is COC1CCN(Cc2ccc(C(=O)O)s2)C(C)C1. The minimum absolute atomic E-state index is 0.370. The average molecular weight is 269 g/mol. The van der Waals surface area contributed by atoms with Crippen molar-refractivity contribution < 1.29 is 14.6 Å². The normalized spacial score (nSPS) is 25.2. The van der Waals surface area contributed by atoms with E-state index < -0.39 is 5.97 Å². The van der Waals surface area contributed by atoms with E-state index in [0.29, 0.717) is 17.0 Å². The second-order valence-corrected chi connectivity index (χ2v) is 5.94. The fourth-order valence-electron chi connectivity index (χ4n) is 2.40. The first kappa shape index (κ1) is 13.5. The second-order valence-electron chi connectivity index (χ2n) is 4.77. The molecule has 4 nitrogen and oxygen atoms in total. The third-order valence-corrected chi connectivity index (χ3v) is 4.59. The number of rotatable bonds is 4. The van der Waals surface area contributed by atoms with Gasteiger partial charge < -0.3 is 9.84 Å². The van der Waals surface area contributed by atoms with Gasteiger partial charge in [0, 0.05) is 31.1 Å². The summed E-state index contributed by atoms with van der Waals surface area (Å²) in [5.41, 5.74) is 0. The van der Waals surface area contributed by atoms with Crippen LogP contribution in [0.4, 0.5) is 0 Å². The Hall–Kier alpha value is -0.910. The number of nitrogens with zero attached hydrogens (tertiary/aromatic N) is 1. The van der Waals surface area contributed by atoms with E-state index >= 15 is 0 Å². The molecule has 1 aromatic rings. The summed E-state index contributed by atoms with van der Waals surface area (Å²) in [6.07, 6.45) is 2.47. The van der Waals surface area contributed by atoms with E-state index in [1.165, 1.54) is 11.3 Å². The number of carboxylic acids is 1. The Morgan fingerprint density at radius 3 is 2.94 bits per heavy atom. The molecule has 0 amide bonds. The maximum absolute atomic E-state index is 10.8. The van der Waals surface area contributed by atoms with Crippen LogP contribution in [0, 0.1) is 0 Å². The molecule has 1 saturated heterocycles. The van der Waals surface area contributed by atoms with Gasteiger partial charge in [-0.15, -0.1) is 11.3 Å². The van der Waals surface area contributed by atoms with Gasteiger partial charge in [0.1, 0.15) is 4.88 Å². The zero-order valence-electron chi connectivity index (χ0n) is 10.8. The lowest BCUT2D eigenvalue weighted by Gasteiger charge is -2.36. The fourth-order valence-corrected chi connectivity index (χ4v) is 3.28. The predicted octanol–water partition coefficient (Wildman–Crippen LogP) is 2.45. The van der Waals surface area contributed by atoms with Crippen molar-refractivity contribution in [1.82, 2.24) is 4.90 Å². The van der Waals surface area contributed by atoms with Gasteiger partial charge in [-0.25, -0.2) is 4.79 Å². The van der Waals surface area contributed by atoms with Gasteiger partial charge in [-0.1, -0.05) is 0 Å². The summed E-state index contributed by atoms with van der Waals surface area (Å²) >= 11 is 1.37. The lowest BCUT2D eigenvalue weighted by atomic mass is 10.0. The highest BCUT2D eigenvalue weighted by molar-refractivity contribution is 7.13. The highest BCUT2D eigenvalue weighted by Gasteiger charge is 2.25. The molecule has 1 fully saturated rings. The van der Waals surface area contributed by atoms with Crippen LogP contribution in [-0.4, -0.2) is 41.8 Å². The standard InChI is InChI=1S/C13H19NO3S/c1-9-7-10(17-2)5-6-14(9)8-11-3-4-12(18-11)13(15)16/h3-4,9-10H,5-8H2,1-2H3,(H,15,16). The van der Waals surface area contributed by atoms with Gasteiger partial charge in [0.05, 0.1) is 6.10 Å². The fraction of sp³-hybridized carbons (Fsp3) is 0.615. The highest BCUT2D eigenvalue weighted by Crippen LogP contribution is 2.24. The third kappa shape index (κ3) is 3.10. The van der Waals surface area contributed by atoms with E-state index in [0.717, 1.165) is 30.8 Å². The quantitative estimate of drug-likeness (QED) is 0.912. The molecule has 0 saturated carbocycles. The first-order valence-electron chi connectivity index (χ1n) is 6.19. The van der Waals surface area contributed by atoms with Gasteiger partial charge in [0.25, 0.3) is 0 Å². The van der Waals surface area contributed by atoms with Gasteiger partial charge in [0.2, 0.25) is 0 Å². The van der Waals surface area contributed by atoms with Crippen LogP contribution in [0.15, 0.2) is 12.1 Å². The Balaban J connectivity index is 1.94. The van der Waals surface area contributed by atoms with Crippen LogP contribution in [0.2, 0.25) is 0 Å². The second kappa shape index (κ2) is 5.82. The maximum Gasteiger partial charge on any atom is 0.345 e. The monoisotopic (exact) mass is 269 g/mol. The van der Waals surface area contributed by atoms with Gasteiger partial charge in [-0.05, 0) is 31.9 Å². The summed E-state index contributed by atoms with van der Waals surface area (Å²) in [6.45, 7) is 4.06. The van der Waals surface area contributed by atoms with E-state index in [1.54, 1.807) is 13.2 Å². The first-order chi connectivity index (χ1) is 8.60. The molecule has 0 bridgehead atoms. The lowest BCUT2D eigenvalue weighted by Crippen LogP contribution is -2.42. The molecule has 2 atom stereocenters. The van der Waals surface area contributed by atoms with Crippen molar-refractivity contribution in [3.8, 4) is 0 Å². The molecular weight excluding hydrogens is 250 g/mol. The molecular formula is C13H19NO3S. The number of carboxylic acid groups (broad SMARTS) is 1. The van der Waals surface area contributed by atoms with Crippen molar-refractivity contribution in [2.24, 2.45) is 0 Å². The number of likely N-dealkylation sites (tertiary alicyclic amines) is 1. The van der Waals surface area contributed by atoms with Crippen LogP contribution >= 0.6 is 11.3 Å². The first-order valence-corrected chi connectivity index (χ1v) is 7.00. The summed E-state index contributed by atoms with van der Waals surface area (Å²) in [7, 11) is 1.77. The van der Waals surface area contributed by atoms with E-state index in [4.69, 9.17) is 9.84 Å². The summed E-state index contributed by atoms with van der Waals surface area (Å²) < 4.78 is 5.39. The van der Waals surface area contributed by atoms with Crippen molar-refractivity contribution in [1.29, 1.82) is 0 Å². The summed E-state index contributed by atoms with van der Waals surface area (Å²) in [6, 6.07) is 4.09. The van der Waals surface area contributed by atoms with Crippen molar-refractivity contribution in [3.05, 3.63) is 21.9 Å². The number of hydrogen-bond donors (Lipinski definition) is 1. The minimum Gasteiger partial charge on any atom is -0.477 e. The molecule has 1 N–H and O–H groups in total. The highest BCUT2D eigenvalue weighted by atomic mass is 32.1. The number of ether oxygens (including phenoxy) is 1. The Morgan fingerprint density at radius 2 is 2.39 bits per heavy atom. The number of piperidine rings is 1. The number of hydrogen-bond acceptors (Lipinski definition) is 4. The summed E-state index contributed by atoms with van der Waals surface area (Å²) in [4.78, 5) is 14.8. The Labute approximate surface area is 111 Å². The zero-order chi connectivity index (χ0) is 13.1. The molecule has 0 aliphatic carbocycles. The number of carbonyl (C=O) groups is 1. The largest absolute Gasteiger partial charge is 0.477 e. The van der Waals surface area contributed by atoms with Crippen molar-refractivity contribution in [3.63, 3.8) is 0 Å². The van der Waals surface area contributed by atoms with Crippen LogP contribution in [0.3, 0.4) is 0 Å². The molecule has 2 rings (SSSR count). The molecule has 1 aliphatic heterocycles. The van der Waals surface area contributed by atoms with Gasteiger partial charge >= 0.3 is 5.97 Å². The van der Waals surface area contributed by atoms with E-state index in [-0.39, 0.29) is 0 Å². The molecule has 0 aromatic carbocycles. The van der Waals surface area contributed by atoms with E-state index in [2.05, 4.69) is 11.8 Å². The maximum atomic E-state index is 10.8.